The molecule has 0 spiro atoms. The molecule has 0 heterocycles. The monoisotopic (exact) mass is 446 g/mol. The Morgan fingerprint density at radius 3 is 2.29 bits per heavy atom. The summed E-state index contributed by atoms with van der Waals surface area (Å²) in [5.41, 5.74) is 0.250. The van der Waals surface area contributed by atoms with Gasteiger partial charge in [-0.25, -0.2) is 8.42 Å². The van der Waals surface area contributed by atoms with Crippen LogP contribution in [0.5, 0.6) is 5.75 Å². The van der Waals surface area contributed by atoms with Crippen LogP contribution in [0.1, 0.15) is 6.92 Å². The summed E-state index contributed by atoms with van der Waals surface area (Å²) >= 11 is 11.8. The molecule has 0 aromatic heterocycles. The van der Waals surface area contributed by atoms with Gasteiger partial charge >= 0.3 is 0 Å². The maximum absolute atomic E-state index is 12.5. The minimum atomic E-state index is -3.83. The number of anilines is 1. The molecule has 0 fully saturated rings. The highest BCUT2D eigenvalue weighted by Crippen LogP contribution is 2.25. The lowest BCUT2D eigenvalue weighted by atomic mass is 10.3. The van der Waals surface area contributed by atoms with E-state index in [1.165, 1.54) is 42.5 Å². The van der Waals surface area contributed by atoms with E-state index in [4.69, 9.17) is 32.7 Å². The molecule has 1 atom stereocenters. The van der Waals surface area contributed by atoms with Gasteiger partial charge in [-0.1, -0.05) is 23.2 Å². The summed E-state index contributed by atoms with van der Waals surface area (Å²) in [6, 6.07) is 9.93. The van der Waals surface area contributed by atoms with Gasteiger partial charge in [0, 0.05) is 23.2 Å². The van der Waals surface area contributed by atoms with E-state index in [0.717, 1.165) is 0 Å². The molecule has 7 nitrogen and oxygen atoms in total. The summed E-state index contributed by atoms with van der Waals surface area (Å²) in [5, 5.41) is 3.33. The fraction of sp³-hybridized carbons (Fsp3) is 0.278. The van der Waals surface area contributed by atoms with Crippen molar-refractivity contribution in [3.8, 4) is 5.75 Å². The number of sulfonamides is 1. The zero-order valence-corrected chi connectivity index (χ0v) is 17.6. The van der Waals surface area contributed by atoms with E-state index in [-0.39, 0.29) is 29.1 Å². The Morgan fingerprint density at radius 1 is 1.11 bits per heavy atom. The van der Waals surface area contributed by atoms with E-state index in [9.17, 15) is 13.2 Å². The van der Waals surface area contributed by atoms with Crippen LogP contribution < -0.4 is 14.8 Å². The highest BCUT2D eigenvalue weighted by molar-refractivity contribution is 7.92. The van der Waals surface area contributed by atoms with Crippen molar-refractivity contribution in [2.75, 3.05) is 25.0 Å². The Balaban J connectivity index is 1.98. The summed E-state index contributed by atoms with van der Waals surface area (Å²) in [6.45, 7) is 2.00. The molecule has 0 unspecified atom stereocenters. The Kier molecular flexibility index (Phi) is 7.94. The molecule has 1 amide bonds. The van der Waals surface area contributed by atoms with Crippen molar-refractivity contribution >= 4 is 44.8 Å². The van der Waals surface area contributed by atoms with Gasteiger partial charge in [0.1, 0.15) is 5.75 Å². The Bertz CT molecular complexity index is 900. The van der Waals surface area contributed by atoms with E-state index in [1.54, 1.807) is 14.0 Å². The molecule has 2 aromatic carbocycles. The lowest BCUT2D eigenvalue weighted by Crippen LogP contribution is -2.38. The third kappa shape index (κ3) is 6.87. The van der Waals surface area contributed by atoms with Gasteiger partial charge in [0.15, 0.2) is 6.61 Å². The Morgan fingerprint density at radius 2 is 1.71 bits per heavy atom. The van der Waals surface area contributed by atoms with Crippen molar-refractivity contribution in [1.29, 1.82) is 0 Å². The third-order valence-electron chi connectivity index (χ3n) is 3.44. The molecule has 2 N–H and O–H groups in total. The number of rotatable bonds is 9. The second kappa shape index (κ2) is 9.97. The van der Waals surface area contributed by atoms with Crippen LogP contribution in [0.25, 0.3) is 0 Å². The van der Waals surface area contributed by atoms with Crippen molar-refractivity contribution in [3.05, 3.63) is 52.5 Å². The standard InChI is InChI=1S/C18H20Cl2N2O5S/c1-12(10-26-2)21-18(23)11-27-16-3-5-17(6-4-16)28(24,25)22-15-8-13(19)7-14(20)9-15/h3-9,12,22H,10-11H2,1-2H3,(H,21,23)/t12-/m1/s1. The van der Waals surface area contributed by atoms with E-state index in [2.05, 4.69) is 10.0 Å². The van der Waals surface area contributed by atoms with Crippen LogP contribution >= 0.6 is 23.2 Å². The highest BCUT2D eigenvalue weighted by Gasteiger charge is 2.15. The van der Waals surface area contributed by atoms with Gasteiger partial charge in [-0.2, -0.15) is 0 Å². The molecule has 0 aliphatic heterocycles. The number of carbonyl (C=O) groups is 1. The number of methoxy groups -OCH3 is 1. The quantitative estimate of drug-likeness (QED) is 0.615. The van der Waals surface area contributed by atoms with Gasteiger partial charge in [-0.15, -0.1) is 0 Å². The van der Waals surface area contributed by atoms with Gasteiger partial charge in [0.25, 0.3) is 15.9 Å². The van der Waals surface area contributed by atoms with Gasteiger partial charge in [-0.05, 0) is 49.4 Å². The van der Waals surface area contributed by atoms with Crippen LogP contribution in [0.3, 0.4) is 0 Å². The van der Waals surface area contributed by atoms with E-state index >= 15 is 0 Å². The molecular formula is C18H20Cl2N2O5S. The first-order valence-electron chi connectivity index (χ1n) is 8.19. The van der Waals surface area contributed by atoms with Crippen LogP contribution in [0.15, 0.2) is 47.4 Å². The fourth-order valence-electron chi connectivity index (χ4n) is 2.30. The zero-order chi connectivity index (χ0) is 20.7. The average Bonchev–Trinajstić information content (AvgIpc) is 2.59. The summed E-state index contributed by atoms with van der Waals surface area (Å²) in [4.78, 5) is 11.8. The Hall–Kier alpha value is -2.00. The number of halogens is 2. The highest BCUT2D eigenvalue weighted by atomic mass is 35.5. The summed E-state index contributed by atoms with van der Waals surface area (Å²) in [5.74, 6) is 0.0556. The number of benzene rings is 2. The van der Waals surface area contributed by atoms with Crippen LogP contribution in [0.4, 0.5) is 5.69 Å². The minimum absolute atomic E-state index is 0.0223. The molecule has 2 rings (SSSR count). The predicted molar refractivity (Wildman–Crippen MR) is 109 cm³/mol. The van der Waals surface area contributed by atoms with Crippen LogP contribution in [0.2, 0.25) is 10.0 Å². The fourth-order valence-corrected chi connectivity index (χ4v) is 3.87. The van der Waals surface area contributed by atoms with Gasteiger partial charge in [0.2, 0.25) is 0 Å². The lowest BCUT2D eigenvalue weighted by molar-refractivity contribution is -0.124. The molecule has 2 aromatic rings. The number of nitrogens with one attached hydrogen (secondary N) is 2. The zero-order valence-electron chi connectivity index (χ0n) is 15.2. The maximum atomic E-state index is 12.5. The van der Waals surface area contributed by atoms with Crippen molar-refractivity contribution in [2.24, 2.45) is 0 Å². The smallest absolute Gasteiger partial charge is 0.261 e. The molecule has 28 heavy (non-hydrogen) atoms. The molecule has 10 heteroatoms. The first-order valence-corrected chi connectivity index (χ1v) is 10.4. The van der Waals surface area contributed by atoms with Gasteiger partial charge < -0.3 is 14.8 Å². The first kappa shape index (κ1) is 22.3. The minimum Gasteiger partial charge on any atom is -0.484 e. The number of hydrogen-bond acceptors (Lipinski definition) is 5. The van der Waals surface area contributed by atoms with Crippen molar-refractivity contribution in [2.45, 2.75) is 17.9 Å². The van der Waals surface area contributed by atoms with E-state index in [0.29, 0.717) is 22.4 Å². The number of hydrogen-bond donors (Lipinski definition) is 2. The molecule has 0 saturated heterocycles. The number of ether oxygens (including phenoxy) is 2. The molecule has 0 radical (unpaired) electrons. The second-order valence-corrected chi connectivity index (χ2v) is 8.50. The van der Waals surface area contributed by atoms with Gasteiger partial charge in [0.05, 0.1) is 17.2 Å². The summed E-state index contributed by atoms with van der Waals surface area (Å²) in [6.07, 6.45) is 0. The van der Waals surface area contributed by atoms with Crippen LogP contribution in [0, 0.1) is 0 Å². The van der Waals surface area contributed by atoms with Crippen LogP contribution in [-0.2, 0) is 19.6 Å². The SMILES string of the molecule is COC[C@@H](C)NC(=O)COc1ccc(S(=O)(=O)Nc2cc(Cl)cc(Cl)c2)cc1. The summed E-state index contributed by atoms with van der Waals surface area (Å²) in [7, 11) is -2.29. The molecular weight excluding hydrogens is 427 g/mol. The largest absolute Gasteiger partial charge is 0.484 e. The van der Waals surface area contributed by atoms with Gasteiger partial charge in [-0.3, -0.25) is 9.52 Å². The molecule has 0 aliphatic rings. The second-order valence-electron chi connectivity index (χ2n) is 5.95. The summed E-state index contributed by atoms with van der Waals surface area (Å²) < 4.78 is 37.6. The average molecular weight is 447 g/mol. The van der Waals surface area contributed by atoms with Crippen molar-refractivity contribution in [3.63, 3.8) is 0 Å². The molecule has 0 saturated carbocycles. The van der Waals surface area contributed by atoms with Crippen molar-refractivity contribution < 1.29 is 22.7 Å². The lowest BCUT2D eigenvalue weighted by Gasteiger charge is -2.13. The van der Waals surface area contributed by atoms with E-state index < -0.39 is 10.0 Å². The number of carbonyl (C=O) groups excluding carboxylic acids is 1. The molecule has 0 aliphatic carbocycles. The predicted octanol–water partition coefficient (Wildman–Crippen LogP) is 3.32. The van der Waals surface area contributed by atoms with Crippen LogP contribution in [-0.4, -0.2) is 40.7 Å². The molecule has 152 valence electrons. The normalized spacial score (nSPS) is 12.3. The maximum Gasteiger partial charge on any atom is 0.261 e. The Labute approximate surface area is 174 Å². The third-order valence-corrected chi connectivity index (χ3v) is 5.28. The van der Waals surface area contributed by atoms with E-state index in [1.807, 2.05) is 0 Å². The topological polar surface area (TPSA) is 93.7 Å². The first-order chi connectivity index (χ1) is 13.2. The van der Waals surface area contributed by atoms with Crippen molar-refractivity contribution in [1.82, 2.24) is 5.32 Å². The number of amides is 1. The molecule has 0 bridgehead atoms.